The Hall–Kier alpha value is -2.34. The summed E-state index contributed by atoms with van der Waals surface area (Å²) in [5.74, 6) is 0.374. The van der Waals surface area contributed by atoms with Crippen molar-refractivity contribution >= 4 is 46.5 Å². The van der Waals surface area contributed by atoms with E-state index in [9.17, 15) is 18.4 Å². The lowest BCUT2D eigenvalue weighted by Crippen LogP contribution is -2.07. The zero-order valence-corrected chi connectivity index (χ0v) is 16.5. The Balaban J connectivity index is 2.15. The van der Waals surface area contributed by atoms with Crippen LogP contribution in [0.2, 0.25) is 10.0 Å². The van der Waals surface area contributed by atoms with E-state index in [0.717, 1.165) is 12.1 Å². The maximum atomic E-state index is 13.0. The molecule has 0 fully saturated rings. The van der Waals surface area contributed by atoms with E-state index in [1.165, 1.54) is 16.4 Å². The smallest absolute Gasteiger partial charge is 0.337 e. The minimum Gasteiger partial charge on any atom is -0.337 e. The number of para-hydroxylation sites is 1. The first-order chi connectivity index (χ1) is 13.3. The number of hydrogen-bond donors (Lipinski definition) is 1. The molecule has 3 rings (SSSR count). The minimum atomic E-state index is -4.57. The molecule has 0 aliphatic rings. The summed E-state index contributed by atoms with van der Waals surface area (Å²) in [6.45, 7) is 0. The number of thioether (sulfide) groups is 1. The molecule has 0 aliphatic heterocycles. The van der Waals surface area contributed by atoms with Gasteiger partial charge in [-0.25, -0.2) is 4.68 Å². The summed E-state index contributed by atoms with van der Waals surface area (Å²) in [4.78, 5) is 0.512. The first kappa shape index (κ1) is 20.4. The molecule has 4 nitrogen and oxygen atoms in total. The number of hydrogen-bond acceptors (Lipinski definition) is 4. The summed E-state index contributed by atoms with van der Waals surface area (Å²) in [7, 11) is 0. The molecular formula is C18H11Cl2F3N4S. The van der Waals surface area contributed by atoms with Gasteiger partial charge in [0.1, 0.15) is 11.9 Å². The van der Waals surface area contributed by atoms with Crippen molar-refractivity contribution in [3.8, 4) is 11.8 Å². The van der Waals surface area contributed by atoms with Crippen LogP contribution in [-0.2, 0) is 6.18 Å². The normalized spacial score (nSPS) is 11.3. The van der Waals surface area contributed by atoms with Gasteiger partial charge in [0.15, 0.2) is 5.69 Å². The van der Waals surface area contributed by atoms with Crippen LogP contribution in [0.1, 0.15) is 11.3 Å². The Morgan fingerprint density at radius 3 is 2.25 bits per heavy atom. The van der Waals surface area contributed by atoms with Crippen LogP contribution in [0, 0.1) is 11.3 Å². The first-order valence-corrected chi connectivity index (χ1v) is 9.70. The van der Waals surface area contributed by atoms with Crippen LogP contribution in [-0.4, -0.2) is 16.0 Å². The molecule has 1 N–H and O–H groups in total. The van der Waals surface area contributed by atoms with Crippen molar-refractivity contribution in [3.63, 3.8) is 0 Å². The van der Waals surface area contributed by atoms with Crippen LogP contribution in [0.3, 0.4) is 0 Å². The quantitative estimate of drug-likeness (QED) is 0.466. The average Bonchev–Trinajstić information content (AvgIpc) is 3.01. The summed E-state index contributed by atoms with van der Waals surface area (Å²) in [6, 6.07) is 12.6. The molecule has 0 bridgehead atoms. The van der Waals surface area contributed by atoms with Crippen molar-refractivity contribution in [2.45, 2.75) is 11.1 Å². The van der Waals surface area contributed by atoms with Gasteiger partial charge in [-0.1, -0.05) is 41.4 Å². The van der Waals surface area contributed by atoms with Gasteiger partial charge < -0.3 is 5.32 Å². The zero-order valence-electron chi connectivity index (χ0n) is 14.2. The Morgan fingerprint density at radius 2 is 1.75 bits per heavy atom. The second-order valence-electron chi connectivity index (χ2n) is 5.53. The van der Waals surface area contributed by atoms with Gasteiger partial charge in [0.25, 0.3) is 0 Å². The van der Waals surface area contributed by atoms with Crippen molar-refractivity contribution < 1.29 is 13.2 Å². The second-order valence-corrected chi connectivity index (χ2v) is 7.16. The highest BCUT2D eigenvalue weighted by Crippen LogP contribution is 2.41. The summed E-state index contributed by atoms with van der Waals surface area (Å²) < 4.78 is 40.4. The summed E-state index contributed by atoms with van der Waals surface area (Å²) in [5.41, 5.74) is -0.0420. The predicted octanol–water partition coefficient (Wildman–Crippen LogP) is 6.54. The van der Waals surface area contributed by atoms with Crippen LogP contribution in [0.4, 0.5) is 24.7 Å². The molecule has 10 heteroatoms. The number of nitriles is 1. The fourth-order valence-corrected chi connectivity index (χ4v) is 3.70. The molecule has 0 saturated heterocycles. The average molecular weight is 443 g/mol. The van der Waals surface area contributed by atoms with Gasteiger partial charge in [0, 0.05) is 0 Å². The minimum absolute atomic E-state index is 0.0909. The number of alkyl halides is 3. The molecule has 3 aromatic rings. The molecule has 2 aromatic carbocycles. The molecule has 0 radical (unpaired) electrons. The van der Waals surface area contributed by atoms with Gasteiger partial charge in [0.2, 0.25) is 0 Å². The number of rotatable bonds is 4. The predicted molar refractivity (Wildman–Crippen MR) is 105 cm³/mol. The molecule has 1 heterocycles. The number of nitrogens with one attached hydrogen (secondary N) is 1. The Bertz CT molecular complexity index is 1040. The van der Waals surface area contributed by atoms with Crippen LogP contribution >= 0.6 is 35.0 Å². The molecule has 0 amide bonds. The Labute approximate surface area is 172 Å². The van der Waals surface area contributed by atoms with Crippen molar-refractivity contribution in [2.24, 2.45) is 0 Å². The molecule has 1 aromatic heterocycles. The molecule has 0 unspecified atom stereocenters. The zero-order chi connectivity index (χ0) is 20.5. The Kier molecular flexibility index (Phi) is 5.79. The fourth-order valence-electron chi connectivity index (χ4n) is 2.51. The molecule has 0 aliphatic carbocycles. The van der Waals surface area contributed by atoms with E-state index in [2.05, 4.69) is 10.4 Å². The summed E-state index contributed by atoms with van der Waals surface area (Å²) in [5, 5.41) is 16.2. The number of halogens is 5. The number of benzene rings is 2. The van der Waals surface area contributed by atoms with E-state index in [1.54, 1.807) is 30.5 Å². The lowest BCUT2D eigenvalue weighted by molar-refractivity contribution is -0.137. The first-order valence-electron chi connectivity index (χ1n) is 7.72. The van der Waals surface area contributed by atoms with E-state index in [4.69, 9.17) is 23.2 Å². The molecular weight excluding hydrogens is 432 g/mol. The van der Waals surface area contributed by atoms with Gasteiger partial charge in [-0.2, -0.15) is 23.5 Å². The van der Waals surface area contributed by atoms with Gasteiger partial charge in [-0.05, 0) is 30.5 Å². The van der Waals surface area contributed by atoms with Gasteiger partial charge >= 0.3 is 6.18 Å². The molecule has 0 atom stereocenters. The van der Waals surface area contributed by atoms with Crippen LogP contribution in [0.15, 0.2) is 47.4 Å². The highest BCUT2D eigenvalue weighted by atomic mass is 35.5. The third-order valence-electron chi connectivity index (χ3n) is 3.77. The van der Waals surface area contributed by atoms with E-state index in [0.29, 0.717) is 16.4 Å². The fraction of sp³-hybridized carbons (Fsp3) is 0.111. The molecule has 0 saturated carbocycles. The van der Waals surface area contributed by atoms with Gasteiger partial charge in [0.05, 0.1) is 31.9 Å². The van der Waals surface area contributed by atoms with Gasteiger partial charge in [-0.15, -0.1) is 11.8 Å². The maximum absolute atomic E-state index is 13.0. The highest BCUT2D eigenvalue weighted by Gasteiger charge is 2.32. The molecule has 0 spiro atoms. The van der Waals surface area contributed by atoms with E-state index in [1.807, 2.05) is 12.1 Å². The standard InChI is InChI=1S/C18H11Cl2F3N4S/c1-28-16-14(9-24)26-27(11-5-3-2-4-6-11)17(16)25-15-12(19)7-10(8-13(15)20)18(21,22)23/h2-8,25H,1H3. The lowest BCUT2D eigenvalue weighted by atomic mass is 10.2. The van der Waals surface area contributed by atoms with E-state index in [-0.39, 0.29) is 21.4 Å². The van der Waals surface area contributed by atoms with Crippen molar-refractivity contribution in [3.05, 3.63) is 63.8 Å². The van der Waals surface area contributed by atoms with Crippen molar-refractivity contribution in [1.82, 2.24) is 9.78 Å². The van der Waals surface area contributed by atoms with Crippen molar-refractivity contribution in [1.29, 1.82) is 5.26 Å². The van der Waals surface area contributed by atoms with Crippen LogP contribution in [0.5, 0.6) is 0 Å². The number of anilines is 2. The number of nitrogens with zero attached hydrogens (tertiary/aromatic N) is 3. The Morgan fingerprint density at radius 1 is 1.14 bits per heavy atom. The van der Waals surface area contributed by atoms with Crippen LogP contribution < -0.4 is 5.32 Å². The molecule has 144 valence electrons. The topological polar surface area (TPSA) is 53.6 Å². The molecule has 28 heavy (non-hydrogen) atoms. The van der Waals surface area contributed by atoms with Crippen LogP contribution in [0.25, 0.3) is 5.69 Å². The largest absolute Gasteiger partial charge is 0.416 e. The van der Waals surface area contributed by atoms with E-state index < -0.39 is 11.7 Å². The van der Waals surface area contributed by atoms with E-state index >= 15 is 0 Å². The van der Waals surface area contributed by atoms with Crippen molar-refractivity contribution in [2.75, 3.05) is 11.6 Å². The third kappa shape index (κ3) is 3.92. The third-order valence-corrected chi connectivity index (χ3v) is 5.16. The SMILES string of the molecule is CSc1c(C#N)nn(-c2ccccc2)c1Nc1c(Cl)cc(C(F)(F)F)cc1Cl. The highest BCUT2D eigenvalue weighted by molar-refractivity contribution is 7.98. The maximum Gasteiger partial charge on any atom is 0.416 e. The lowest BCUT2D eigenvalue weighted by Gasteiger charge is -2.16. The summed E-state index contributed by atoms with van der Waals surface area (Å²) >= 11 is 13.4. The number of aromatic nitrogens is 2. The summed E-state index contributed by atoms with van der Waals surface area (Å²) in [6.07, 6.45) is -2.82. The monoisotopic (exact) mass is 442 g/mol. The second kappa shape index (κ2) is 7.95. The van der Waals surface area contributed by atoms with Gasteiger partial charge in [-0.3, -0.25) is 0 Å².